The number of benzene rings is 1. The van der Waals surface area contributed by atoms with Crippen LogP contribution in [0.5, 0.6) is 5.75 Å². The quantitative estimate of drug-likeness (QED) is 0.695. The van der Waals surface area contributed by atoms with E-state index in [0.29, 0.717) is 5.92 Å². The van der Waals surface area contributed by atoms with Crippen LogP contribution in [0.3, 0.4) is 0 Å². The lowest BCUT2D eigenvalue weighted by molar-refractivity contribution is 0.356. The fourth-order valence-corrected chi connectivity index (χ4v) is 2.05. The van der Waals surface area contributed by atoms with Crippen molar-refractivity contribution in [2.24, 2.45) is 0 Å². The average molecular weight is 190 g/mol. The number of ether oxygens (including phenoxy) is 1. The molecule has 0 saturated heterocycles. The van der Waals surface area contributed by atoms with Crippen molar-refractivity contribution in [3.8, 4) is 5.75 Å². The summed E-state index contributed by atoms with van der Waals surface area (Å²) in [5.74, 6) is 1.72. The van der Waals surface area contributed by atoms with Crippen molar-refractivity contribution in [1.82, 2.24) is 0 Å². The van der Waals surface area contributed by atoms with E-state index in [1.807, 2.05) is 0 Å². The molecule has 76 valence electrons. The van der Waals surface area contributed by atoms with Crippen molar-refractivity contribution in [1.29, 1.82) is 0 Å². The number of hydrogen-bond acceptors (Lipinski definition) is 1. The van der Waals surface area contributed by atoms with E-state index in [9.17, 15) is 0 Å². The Kier molecular flexibility index (Phi) is 2.49. The van der Waals surface area contributed by atoms with Crippen molar-refractivity contribution in [3.05, 3.63) is 28.8 Å². The Hall–Kier alpha value is -0.980. The largest absolute Gasteiger partial charge is 0.493 e. The molecular formula is C13H18O. The molecule has 1 aromatic rings. The summed E-state index contributed by atoms with van der Waals surface area (Å²) >= 11 is 0. The van der Waals surface area contributed by atoms with E-state index in [1.54, 1.807) is 0 Å². The summed E-state index contributed by atoms with van der Waals surface area (Å²) in [6, 6.07) is 4.56. The van der Waals surface area contributed by atoms with Gasteiger partial charge in [0, 0.05) is 12.0 Å². The molecule has 1 aliphatic rings. The van der Waals surface area contributed by atoms with Crippen LogP contribution in [0.25, 0.3) is 0 Å². The maximum atomic E-state index is 5.63. The first-order chi connectivity index (χ1) is 6.72. The van der Waals surface area contributed by atoms with Gasteiger partial charge in [-0.15, -0.1) is 0 Å². The summed E-state index contributed by atoms with van der Waals surface area (Å²) in [6.45, 7) is 7.55. The molecule has 0 spiro atoms. The molecule has 2 rings (SSSR count). The van der Waals surface area contributed by atoms with Gasteiger partial charge in [0.2, 0.25) is 0 Å². The maximum absolute atomic E-state index is 5.63. The van der Waals surface area contributed by atoms with Crippen LogP contribution in [0, 0.1) is 0 Å². The first-order valence-electron chi connectivity index (χ1n) is 5.51. The van der Waals surface area contributed by atoms with Crippen LogP contribution in [0.4, 0.5) is 0 Å². The first-order valence-corrected chi connectivity index (χ1v) is 5.51. The molecule has 1 aliphatic heterocycles. The van der Waals surface area contributed by atoms with E-state index in [2.05, 4.69) is 32.9 Å². The summed E-state index contributed by atoms with van der Waals surface area (Å²) in [4.78, 5) is 0. The Morgan fingerprint density at radius 1 is 1.36 bits per heavy atom. The smallest absolute Gasteiger partial charge is 0.123 e. The second kappa shape index (κ2) is 3.64. The zero-order valence-corrected chi connectivity index (χ0v) is 9.26. The van der Waals surface area contributed by atoms with Crippen molar-refractivity contribution in [2.75, 3.05) is 6.61 Å². The summed E-state index contributed by atoms with van der Waals surface area (Å²) in [6.07, 6.45) is 2.21. The molecule has 1 heterocycles. The third kappa shape index (κ3) is 1.52. The molecule has 1 aromatic carbocycles. The van der Waals surface area contributed by atoms with Crippen molar-refractivity contribution in [3.63, 3.8) is 0 Å². The standard InChI is InChI=1S/C13H18O/c1-4-10-7-11(9(2)3)8-13-12(10)5-6-14-13/h7-9H,4-6H2,1-3H3. The summed E-state index contributed by atoms with van der Waals surface area (Å²) in [5, 5.41) is 0. The third-order valence-corrected chi connectivity index (χ3v) is 2.98. The highest BCUT2D eigenvalue weighted by Crippen LogP contribution is 2.32. The number of aryl methyl sites for hydroxylation is 1. The molecule has 0 bridgehead atoms. The molecule has 0 amide bonds. The minimum Gasteiger partial charge on any atom is -0.493 e. The predicted molar refractivity (Wildman–Crippen MR) is 59.1 cm³/mol. The second-order valence-electron chi connectivity index (χ2n) is 4.26. The molecule has 1 heteroatoms. The molecule has 14 heavy (non-hydrogen) atoms. The van der Waals surface area contributed by atoms with Crippen LogP contribution in [0.15, 0.2) is 12.1 Å². The topological polar surface area (TPSA) is 9.23 Å². The van der Waals surface area contributed by atoms with E-state index >= 15 is 0 Å². The van der Waals surface area contributed by atoms with Crippen LogP contribution in [0.1, 0.15) is 43.4 Å². The summed E-state index contributed by atoms with van der Waals surface area (Å²) in [7, 11) is 0. The number of fused-ring (bicyclic) bond motifs is 1. The highest BCUT2D eigenvalue weighted by molar-refractivity contribution is 5.46. The first kappa shape index (κ1) is 9.57. The molecule has 0 N–H and O–H groups in total. The van der Waals surface area contributed by atoms with Crippen molar-refractivity contribution >= 4 is 0 Å². The van der Waals surface area contributed by atoms with Gasteiger partial charge >= 0.3 is 0 Å². The minimum absolute atomic E-state index is 0.592. The van der Waals surface area contributed by atoms with Gasteiger partial charge in [0.15, 0.2) is 0 Å². The zero-order valence-electron chi connectivity index (χ0n) is 9.26. The lowest BCUT2D eigenvalue weighted by Crippen LogP contribution is -1.94. The molecular weight excluding hydrogens is 172 g/mol. The Morgan fingerprint density at radius 2 is 2.14 bits per heavy atom. The van der Waals surface area contributed by atoms with E-state index < -0.39 is 0 Å². The van der Waals surface area contributed by atoms with Gasteiger partial charge < -0.3 is 4.74 Å². The molecule has 0 fully saturated rings. The molecule has 0 atom stereocenters. The van der Waals surface area contributed by atoms with Crippen molar-refractivity contribution < 1.29 is 4.74 Å². The van der Waals surface area contributed by atoms with Gasteiger partial charge in [0.25, 0.3) is 0 Å². The van der Waals surface area contributed by atoms with E-state index in [1.165, 1.54) is 16.7 Å². The lowest BCUT2D eigenvalue weighted by atomic mass is 9.95. The highest BCUT2D eigenvalue weighted by Gasteiger charge is 2.17. The molecule has 0 radical (unpaired) electrons. The third-order valence-electron chi connectivity index (χ3n) is 2.98. The van der Waals surface area contributed by atoms with Crippen LogP contribution in [-0.2, 0) is 12.8 Å². The van der Waals surface area contributed by atoms with Crippen LogP contribution < -0.4 is 4.74 Å². The van der Waals surface area contributed by atoms with E-state index in [-0.39, 0.29) is 0 Å². The SMILES string of the molecule is CCc1cc(C(C)C)cc2c1CCO2. The fourth-order valence-electron chi connectivity index (χ4n) is 2.05. The molecule has 1 nitrogen and oxygen atoms in total. The van der Waals surface area contributed by atoms with Crippen LogP contribution >= 0.6 is 0 Å². The average Bonchev–Trinajstić information content (AvgIpc) is 2.63. The van der Waals surface area contributed by atoms with E-state index in [4.69, 9.17) is 4.74 Å². The Bertz CT molecular complexity index is 339. The summed E-state index contributed by atoms with van der Waals surface area (Å²) < 4.78 is 5.63. The summed E-state index contributed by atoms with van der Waals surface area (Å²) in [5.41, 5.74) is 4.32. The van der Waals surface area contributed by atoms with Crippen molar-refractivity contribution in [2.45, 2.75) is 39.5 Å². The van der Waals surface area contributed by atoms with Gasteiger partial charge in [-0.2, -0.15) is 0 Å². The monoisotopic (exact) mass is 190 g/mol. The van der Waals surface area contributed by atoms with Gasteiger partial charge in [-0.25, -0.2) is 0 Å². The second-order valence-corrected chi connectivity index (χ2v) is 4.26. The van der Waals surface area contributed by atoms with Gasteiger partial charge in [0.1, 0.15) is 5.75 Å². The Balaban J connectivity index is 2.49. The number of rotatable bonds is 2. The predicted octanol–water partition coefficient (Wildman–Crippen LogP) is 3.31. The van der Waals surface area contributed by atoms with Crippen LogP contribution in [-0.4, -0.2) is 6.61 Å². The molecule has 0 saturated carbocycles. The van der Waals surface area contributed by atoms with Crippen LogP contribution in [0.2, 0.25) is 0 Å². The molecule has 0 aromatic heterocycles. The highest BCUT2D eigenvalue weighted by atomic mass is 16.5. The normalized spacial score (nSPS) is 14.3. The molecule has 0 unspecified atom stereocenters. The van der Waals surface area contributed by atoms with Gasteiger partial charge in [-0.3, -0.25) is 0 Å². The minimum atomic E-state index is 0.592. The maximum Gasteiger partial charge on any atom is 0.123 e. The fraction of sp³-hybridized carbons (Fsp3) is 0.538. The molecule has 0 aliphatic carbocycles. The Labute approximate surface area is 86.1 Å². The van der Waals surface area contributed by atoms with Gasteiger partial charge in [-0.05, 0) is 29.5 Å². The van der Waals surface area contributed by atoms with Gasteiger partial charge in [0.05, 0.1) is 6.61 Å². The zero-order chi connectivity index (χ0) is 10.1. The lowest BCUT2D eigenvalue weighted by Gasteiger charge is -2.11. The number of hydrogen-bond donors (Lipinski definition) is 0. The van der Waals surface area contributed by atoms with E-state index in [0.717, 1.165) is 25.2 Å². The Morgan fingerprint density at radius 3 is 2.79 bits per heavy atom. The van der Waals surface area contributed by atoms with Gasteiger partial charge in [-0.1, -0.05) is 26.8 Å².